The van der Waals surface area contributed by atoms with Crippen LogP contribution >= 0.6 is 11.8 Å². The van der Waals surface area contributed by atoms with Gasteiger partial charge in [-0.15, -0.1) is 5.10 Å². The Morgan fingerprint density at radius 2 is 1.82 bits per heavy atom. The number of nitrogens with zero attached hydrogens (tertiary/aromatic N) is 5. The van der Waals surface area contributed by atoms with E-state index >= 15 is 0 Å². The van der Waals surface area contributed by atoms with Crippen LogP contribution in [0.5, 0.6) is 5.75 Å². The van der Waals surface area contributed by atoms with Crippen LogP contribution in [0.2, 0.25) is 0 Å². The van der Waals surface area contributed by atoms with Gasteiger partial charge in [0.2, 0.25) is 5.16 Å². The Bertz CT molecular complexity index is 1290. The van der Waals surface area contributed by atoms with Crippen molar-refractivity contribution < 1.29 is 9.53 Å². The lowest BCUT2D eigenvalue weighted by molar-refractivity contribution is -0.130. The van der Waals surface area contributed by atoms with Crippen LogP contribution in [-0.4, -0.2) is 49.7 Å². The number of hydrazone groups is 1. The van der Waals surface area contributed by atoms with Crippen molar-refractivity contribution in [3.8, 4) is 17.1 Å². The minimum Gasteiger partial charge on any atom is -0.497 e. The fourth-order valence-electron chi connectivity index (χ4n) is 3.77. The van der Waals surface area contributed by atoms with E-state index in [0.29, 0.717) is 17.4 Å². The SMILES string of the molecule is COc1ccc(C2CC(c3ccccc3)=NN2C(=O)CSc2n[nH]c(-c3ccncc3)n2)cc1. The molecular formula is C25H22N6O2S. The van der Waals surface area contributed by atoms with Gasteiger partial charge in [-0.2, -0.15) is 5.10 Å². The zero-order valence-electron chi connectivity index (χ0n) is 18.5. The Morgan fingerprint density at radius 3 is 2.56 bits per heavy atom. The molecule has 4 aromatic rings. The van der Waals surface area contributed by atoms with Gasteiger partial charge in [0.05, 0.1) is 24.6 Å². The highest BCUT2D eigenvalue weighted by molar-refractivity contribution is 7.99. The summed E-state index contributed by atoms with van der Waals surface area (Å²) in [6.07, 6.45) is 4.03. The molecule has 3 heterocycles. The number of H-pyrrole nitrogens is 1. The number of benzene rings is 2. The average Bonchev–Trinajstić information content (AvgIpc) is 3.56. The van der Waals surface area contributed by atoms with Crippen molar-refractivity contribution >= 4 is 23.4 Å². The molecule has 0 fully saturated rings. The number of ether oxygens (including phenoxy) is 1. The molecule has 1 unspecified atom stereocenters. The standard InChI is InChI=1S/C25H22N6O2S/c1-33-20-9-7-18(8-10-20)22-15-21(17-5-3-2-4-6-17)30-31(22)23(32)16-34-25-27-24(28-29-25)19-11-13-26-14-12-19/h2-14,22H,15-16H2,1H3,(H,27,28,29). The first-order valence-corrected chi connectivity index (χ1v) is 11.7. The summed E-state index contributed by atoms with van der Waals surface area (Å²) in [6.45, 7) is 0. The number of hydrogen-bond acceptors (Lipinski definition) is 7. The van der Waals surface area contributed by atoms with Crippen LogP contribution in [-0.2, 0) is 4.79 Å². The number of pyridine rings is 1. The molecule has 1 atom stereocenters. The van der Waals surface area contributed by atoms with E-state index in [0.717, 1.165) is 28.2 Å². The number of methoxy groups -OCH3 is 1. The van der Waals surface area contributed by atoms with Gasteiger partial charge in [0.1, 0.15) is 5.75 Å². The highest BCUT2D eigenvalue weighted by Gasteiger charge is 2.33. The van der Waals surface area contributed by atoms with Crippen LogP contribution in [0.25, 0.3) is 11.4 Å². The highest BCUT2D eigenvalue weighted by Crippen LogP contribution is 2.34. The van der Waals surface area contributed by atoms with Crippen molar-refractivity contribution in [1.29, 1.82) is 0 Å². The van der Waals surface area contributed by atoms with Crippen molar-refractivity contribution in [3.05, 3.63) is 90.3 Å². The molecule has 2 aromatic heterocycles. The number of rotatable bonds is 7. The average molecular weight is 471 g/mol. The molecule has 0 saturated carbocycles. The number of carbonyl (C=O) groups is 1. The minimum atomic E-state index is -0.186. The van der Waals surface area contributed by atoms with Crippen LogP contribution < -0.4 is 4.74 Å². The molecule has 170 valence electrons. The Morgan fingerprint density at radius 1 is 1.06 bits per heavy atom. The number of thioether (sulfide) groups is 1. The van der Waals surface area contributed by atoms with Crippen molar-refractivity contribution in [3.63, 3.8) is 0 Å². The maximum absolute atomic E-state index is 13.3. The van der Waals surface area contributed by atoms with Gasteiger partial charge in [-0.3, -0.25) is 14.9 Å². The van der Waals surface area contributed by atoms with Gasteiger partial charge >= 0.3 is 0 Å². The maximum atomic E-state index is 13.3. The number of aromatic amines is 1. The summed E-state index contributed by atoms with van der Waals surface area (Å²) in [4.78, 5) is 21.8. The molecule has 2 aromatic carbocycles. The van der Waals surface area contributed by atoms with Gasteiger partial charge in [-0.1, -0.05) is 54.2 Å². The normalized spacial score (nSPS) is 15.3. The molecule has 1 N–H and O–H groups in total. The number of nitrogens with one attached hydrogen (secondary N) is 1. The summed E-state index contributed by atoms with van der Waals surface area (Å²) < 4.78 is 5.29. The van der Waals surface area contributed by atoms with E-state index in [1.807, 2.05) is 66.7 Å². The van der Waals surface area contributed by atoms with E-state index in [1.165, 1.54) is 11.8 Å². The molecule has 0 bridgehead atoms. The van der Waals surface area contributed by atoms with E-state index in [4.69, 9.17) is 9.84 Å². The lowest BCUT2D eigenvalue weighted by Crippen LogP contribution is -2.28. The Labute approximate surface area is 201 Å². The van der Waals surface area contributed by atoms with E-state index in [1.54, 1.807) is 24.5 Å². The molecule has 1 amide bonds. The Balaban J connectivity index is 1.34. The second-order valence-electron chi connectivity index (χ2n) is 7.64. The second kappa shape index (κ2) is 9.88. The lowest BCUT2D eigenvalue weighted by Gasteiger charge is -2.22. The Hall–Kier alpha value is -3.98. The van der Waals surface area contributed by atoms with Gasteiger partial charge in [-0.25, -0.2) is 9.99 Å². The maximum Gasteiger partial charge on any atom is 0.253 e. The lowest BCUT2D eigenvalue weighted by atomic mass is 9.98. The molecule has 0 aliphatic carbocycles. The second-order valence-corrected chi connectivity index (χ2v) is 8.58. The van der Waals surface area contributed by atoms with Crippen LogP contribution in [0.3, 0.4) is 0 Å². The summed E-state index contributed by atoms with van der Waals surface area (Å²) in [6, 6.07) is 21.2. The van der Waals surface area contributed by atoms with Crippen molar-refractivity contribution in [2.75, 3.05) is 12.9 Å². The van der Waals surface area contributed by atoms with Crippen molar-refractivity contribution in [2.24, 2.45) is 5.10 Å². The van der Waals surface area contributed by atoms with Gasteiger partial charge in [0.25, 0.3) is 5.91 Å². The molecule has 1 aliphatic heterocycles. The van der Waals surface area contributed by atoms with E-state index in [2.05, 4.69) is 20.2 Å². The quantitative estimate of drug-likeness (QED) is 0.404. The first-order valence-electron chi connectivity index (χ1n) is 10.8. The fraction of sp³-hybridized carbons (Fsp3) is 0.160. The third-order valence-electron chi connectivity index (χ3n) is 5.52. The minimum absolute atomic E-state index is 0.105. The topological polar surface area (TPSA) is 96.4 Å². The van der Waals surface area contributed by atoms with Crippen LogP contribution in [0.1, 0.15) is 23.6 Å². The van der Waals surface area contributed by atoms with Gasteiger partial charge in [0, 0.05) is 24.4 Å². The first-order chi connectivity index (χ1) is 16.7. The van der Waals surface area contributed by atoms with Crippen LogP contribution in [0, 0.1) is 0 Å². The summed E-state index contributed by atoms with van der Waals surface area (Å²) in [5.41, 5.74) is 3.79. The predicted octanol–water partition coefficient (Wildman–Crippen LogP) is 4.35. The molecule has 0 saturated heterocycles. The fourth-order valence-corrected chi connectivity index (χ4v) is 4.42. The summed E-state index contributed by atoms with van der Waals surface area (Å²) in [5, 5.41) is 14.0. The number of amides is 1. The first kappa shape index (κ1) is 21.8. The van der Waals surface area contributed by atoms with Crippen LogP contribution in [0.15, 0.2) is 89.4 Å². The van der Waals surface area contributed by atoms with Gasteiger partial charge in [0.15, 0.2) is 5.82 Å². The summed E-state index contributed by atoms with van der Waals surface area (Å²) in [5.74, 6) is 1.48. The zero-order chi connectivity index (χ0) is 23.3. The third-order valence-corrected chi connectivity index (χ3v) is 6.35. The highest BCUT2D eigenvalue weighted by atomic mass is 32.2. The smallest absolute Gasteiger partial charge is 0.253 e. The van der Waals surface area contributed by atoms with E-state index in [9.17, 15) is 4.79 Å². The van der Waals surface area contributed by atoms with E-state index in [-0.39, 0.29) is 17.7 Å². The molecule has 34 heavy (non-hydrogen) atoms. The van der Waals surface area contributed by atoms with E-state index < -0.39 is 0 Å². The molecule has 5 rings (SSSR count). The molecule has 1 aliphatic rings. The van der Waals surface area contributed by atoms with Gasteiger partial charge in [-0.05, 0) is 35.4 Å². The largest absolute Gasteiger partial charge is 0.497 e. The molecule has 0 radical (unpaired) electrons. The zero-order valence-corrected chi connectivity index (χ0v) is 19.3. The number of carbonyl (C=O) groups excluding carboxylic acids is 1. The molecule has 0 spiro atoms. The molecule has 9 heteroatoms. The monoisotopic (exact) mass is 470 g/mol. The summed E-state index contributed by atoms with van der Waals surface area (Å²) in [7, 11) is 1.64. The molecular weight excluding hydrogens is 448 g/mol. The van der Waals surface area contributed by atoms with Crippen molar-refractivity contribution in [1.82, 2.24) is 25.2 Å². The predicted molar refractivity (Wildman–Crippen MR) is 131 cm³/mol. The third kappa shape index (κ3) is 4.69. The van der Waals surface area contributed by atoms with Crippen molar-refractivity contribution in [2.45, 2.75) is 17.6 Å². The molecule has 8 nitrogen and oxygen atoms in total. The number of aromatic nitrogens is 4. The van der Waals surface area contributed by atoms with Crippen LogP contribution in [0.4, 0.5) is 0 Å². The summed E-state index contributed by atoms with van der Waals surface area (Å²) >= 11 is 1.28. The number of hydrogen-bond donors (Lipinski definition) is 1. The van der Waals surface area contributed by atoms with Gasteiger partial charge < -0.3 is 4.74 Å². The Kier molecular flexibility index (Phi) is 6.35.